The van der Waals surface area contributed by atoms with Crippen molar-refractivity contribution in [3.8, 4) is 34.8 Å². The van der Waals surface area contributed by atoms with Crippen LogP contribution in [0, 0.1) is 28.6 Å². The maximum atomic E-state index is 12.5. The normalized spacial score (nSPS) is 19.7. The highest BCUT2D eigenvalue weighted by atomic mass is 16.5. The third-order valence-corrected chi connectivity index (χ3v) is 9.83. The molecule has 46 heavy (non-hydrogen) atoms. The van der Waals surface area contributed by atoms with Crippen LogP contribution in [0.15, 0.2) is 73.1 Å². The average molecular weight is 611 g/mol. The molecule has 8 nitrogen and oxygen atoms in total. The first-order valence-corrected chi connectivity index (χ1v) is 15.8. The van der Waals surface area contributed by atoms with Gasteiger partial charge in [-0.2, -0.15) is 10.5 Å². The molecule has 1 N–H and O–H groups in total. The van der Waals surface area contributed by atoms with Crippen LogP contribution in [-0.2, 0) is 37.4 Å². The van der Waals surface area contributed by atoms with E-state index in [0.29, 0.717) is 29.8 Å². The minimum Gasteiger partial charge on any atom is -0.488 e. The number of hydrogen-bond acceptors (Lipinski definition) is 7. The molecule has 1 aromatic heterocycles. The van der Waals surface area contributed by atoms with Gasteiger partial charge >= 0.3 is 5.97 Å². The molecule has 8 heteroatoms. The average Bonchev–Trinajstić information content (AvgIpc) is 3.67. The topological polar surface area (TPSA) is 119 Å². The maximum Gasteiger partial charge on any atom is 0.324 e. The SMILES string of the molecule is N#Cc1cncc(COc2cc(OCc3cccc(-c4ccccc4)c3C#N)c3c(c2CN2CCC[C@@H]4C[C@@]42C(=O)O)CCC3)c1. The van der Waals surface area contributed by atoms with Crippen molar-refractivity contribution in [1.29, 1.82) is 10.5 Å². The van der Waals surface area contributed by atoms with Gasteiger partial charge in [-0.1, -0.05) is 48.5 Å². The summed E-state index contributed by atoms with van der Waals surface area (Å²) in [5.74, 6) is 0.834. The minimum absolute atomic E-state index is 0.194. The third-order valence-electron chi connectivity index (χ3n) is 9.83. The Bertz CT molecular complexity index is 1890. The predicted octanol–water partition coefficient (Wildman–Crippen LogP) is 6.58. The molecule has 0 bridgehead atoms. The van der Waals surface area contributed by atoms with Crippen molar-refractivity contribution in [1.82, 2.24) is 9.88 Å². The van der Waals surface area contributed by atoms with Crippen molar-refractivity contribution < 1.29 is 19.4 Å². The van der Waals surface area contributed by atoms with E-state index in [0.717, 1.165) is 77.8 Å². The van der Waals surface area contributed by atoms with Crippen molar-refractivity contribution >= 4 is 5.97 Å². The van der Waals surface area contributed by atoms with Gasteiger partial charge in [0.25, 0.3) is 0 Å². The highest BCUT2D eigenvalue weighted by molar-refractivity contribution is 5.83. The fourth-order valence-electron chi connectivity index (χ4n) is 7.46. The fraction of sp³-hybridized carbons (Fsp3) is 0.316. The molecule has 2 fully saturated rings. The van der Waals surface area contributed by atoms with Crippen molar-refractivity contribution in [2.24, 2.45) is 5.92 Å². The summed E-state index contributed by atoms with van der Waals surface area (Å²) in [5.41, 5.74) is 6.98. The summed E-state index contributed by atoms with van der Waals surface area (Å²) in [4.78, 5) is 18.8. The zero-order chi connectivity index (χ0) is 31.7. The van der Waals surface area contributed by atoms with Crippen LogP contribution < -0.4 is 9.47 Å². The molecule has 1 aliphatic heterocycles. The van der Waals surface area contributed by atoms with Gasteiger partial charge in [-0.15, -0.1) is 0 Å². The lowest BCUT2D eigenvalue weighted by Crippen LogP contribution is -2.47. The fourth-order valence-corrected chi connectivity index (χ4v) is 7.46. The smallest absolute Gasteiger partial charge is 0.324 e. The number of pyridine rings is 1. The zero-order valence-corrected chi connectivity index (χ0v) is 25.5. The Morgan fingerprint density at radius 2 is 1.78 bits per heavy atom. The second kappa shape index (κ2) is 12.3. The Morgan fingerprint density at radius 3 is 2.59 bits per heavy atom. The molecule has 3 aromatic carbocycles. The van der Waals surface area contributed by atoms with Crippen LogP contribution in [0.25, 0.3) is 11.1 Å². The molecule has 7 rings (SSSR count). The number of ether oxygens (including phenoxy) is 2. The number of carbonyl (C=O) groups is 1. The molecule has 4 aromatic rings. The molecule has 2 heterocycles. The van der Waals surface area contributed by atoms with E-state index in [1.54, 1.807) is 12.3 Å². The van der Waals surface area contributed by atoms with Gasteiger partial charge < -0.3 is 14.6 Å². The molecule has 2 aliphatic carbocycles. The van der Waals surface area contributed by atoms with E-state index >= 15 is 0 Å². The predicted molar refractivity (Wildman–Crippen MR) is 171 cm³/mol. The lowest BCUT2D eigenvalue weighted by atomic mass is 9.96. The van der Waals surface area contributed by atoms with Gasteiger partial charge in [0, 0.05) is 41.7 Å². The Balaban J connectivity index is 1.23. The Morgan fingerprint density at radius 1 is 0.957 bits per heavy atom. The summed E-state index contributed by atoms with van der Waals surface area (Å²) < 4.78 is 13.0. The number of carboxylic acid groups (broad SMARTS) is 1. The molecule has 230 valence electrons. The van der Waals surface area contributed by atoms with E-state index in [1.807, 2.05) is 54.6 Å². The van der Waals surface area contributed by atoms with E-state index in [4.69, 9.17) is 9.47 Å². The first-order valence-electron chi connectivity index (χ1n) is 15.8. The molecule has 0 spiro atoms. The number of piperidine rings is 1. The van der Waals surface area contributed by atoms with Crippen LogP contribution in [0.3, 0.4) is 0 Å². The Kier molecular flexibility index (Phi) is 7.90. The lowest BCUT2D eigenvalue weighted by Gasteiger charge is -2.34. The molecule has 0 amide bonds. The minimum atomic E-state index is -0.793. The zero-order valence-electron chi connectivity index (χ0n) is 25.5. The highest BCUT2D eigenvalue weighted by Gasteiger charge is 2.65. The standard InChI is InChI=1S/C38H34N4O4/c39-18-25-15-26(21-41-20-25)23-45-36-16-35(46-24-28-9-4-11-30(33(28)19-40)27-7-2-1-3-8-27)32-13-5-12-31(32)34(36)22-42-14-6-10-29-17-38(29,42)37(43)44/h1-4,7-9,11,15-16,20-21,29H,5-6,10,12-14,17,22-24H2,(H,43,44)/t29-,38+/m1/s1. The number of fused-ring (bicyclic) bond motifs is 2. The van der Waals surface area contributed by atoms with Crippen molar-refractivity contribution in [3.63, 3.8) is 0 Å². The van der Waals surface area contributed by atoms with Crippen LogP contribution in [0.2, 0.25) is 0 Å². The van der Waals surface area contributed by atoms with Crippen molar-refractivity contribution in [3.05, 3.63) is 112 Å². The van der Waals surface area contributed by atoms with Gasteiger partial charge in [0.2, 0.25) is 0 Å². The number of hydrogen-bond donors (Lipinski definition) is 1. The first kappa shape index (κ1) is 29.5. The number of aromatic nitrogens is 1. The quantitative estimate of drug-likeness (QED) is 0.214. The second-order valence-electron chi connectivity index (χ2n) is 12.4. The molecular weight excluding hydrogens is 576 g/mol. The van der Waals surface area contributed by atoms with E-state index in [1.165, 1.54) is 11.8 Å². The molecule has 3 aliphatic rings. The van der Waals surface area contributed by atoms with E-state index in [2.05, 4.69) is 22.0 Å². The van der Waals surface area contributed by atoms with Gasteiger partial charge in [0.1, 0.15) is 42.4 Å². The number of benzene rings is 3. The van der Waals surface area contributed by atoms with Gasteiger partial charge in [0.15, 0.2) is 0 Å². The van der Waals surface area contributed by atoms with Gasteiger partial charge in [-0.25, -0.2) is 0 Å². The van der Waals surface area contributed by atoms with Gasteiger partial charge in [0.05, 0.1) is 11.1 Å². The van der Waals surface area contributed by atoms with Gasteiger partial charge in [-0.3, -0.25) is 14.7 Å². The third kappa shape index (κ3) is 5.36. The molecule has 0 unspecified atom stereocenters. The number of nitrogens with zero attached hydrogens (tertiary/aromatic N) is 4. The largest absolute Gasteiger partial charge is 0.488 e. The van der Waals surface area contributed by atoms with Crippen LogP contribution in [0.1, 0.15) is 64.6 Å². The number of nitriles is 2. The number of likely N-dealkylation sites (tertiary alicyclic amines) is 1. The summed E-state index contributed by atoms with van der Waals surface area (Å²) in [7, 11) is 0. The molecule has 1 saturated heterocycles. The number of aliphatic carboxylic acids is 1. The summed E-state index contributed by atoms with van der Waals surface area (Å²) in [5, 5.41) is 29.8. The maximum absolute atomic E-state index is 12.5. The van der Waals surface area contributed by atoms with E-state index < -0.39 is 11.5 Å². The Labute approximate surface area is 268 Å². The van der Waals surface area contributed by atoms with Crippen molar-refractivity contribution in [2.45, 2.75) is 63.8 Å². The summed E-state index contributed by atoms with van der Waals surface area (Å²) in [6.07, 6.45) is 8.51. The van der Waals surface area contributed by atoms with E-state index in [-0.39, 0.29) is 19.1 Å². The monoisotopic (exact) mass is 610 g/mol. The number of carboxylic acids is 1. The number of rotatable bonds is 10. The highest BCUT2D eigenvalue weighted by Crippen LogP contribution is 2.55. The van der Waals surface area contributed by atoms with Gasteiger partial charge in [-0.05, 0) is 79.3 Å². The molecule has 0 radical (unpaired) electrons. The summed E-state index contributed by atoms with van der Waals surface area (Å²) in [6, 6.07) is 24.0. The van der Waals surface area contributed by atoms with Crippen LogP contribution in [0.5, 0.6) is 11.5 Å². The molecule has 1 saturated carbocycles. The first-order chi connectivity index (χ1) is 22.5. The molecular formula is C38H34N4O4. The summed E-state index contributed by atoms with van der Waals surface area (Å²) >= 11 is 0. The van der Waals surface area contributed by atoms with Crippen LogP contribution >= 0.6 is 0 Å². The van der Waals surface area contributed by atoms with Crippen LogP contribution in [0.4, 0.5) is 0 Å². The summed E-state index contributed by atoms with van der Waals surface area (Å²) in [6.45, 7) is 1.66. The van der Waals surface area contributed by atoms with Crippen LogP contribution in [-0.4, -0.2) is 33.0 Å². The lowest BCUT2D eigenvalue weighted by molar-refractivity contribution is -0.147. The second-order valence-corrected chi connectivity index (χ2v) is 12.4. The molecule has 2 atom stereocenters. The van der Waals surface area contributed by atoms with E-state index in [9.17, 15) is 20.4 Å². The Hall–Kier alpha value is -5.18. The van der Waals surface area contributed by atoms with Crippen molar-refractivity contribution in [2.75, 3.05) is 6.54 Å².